The molecule has 2 aromatic carbocycles. The van der Waals surface area contributed by atoms with Crippen LogP contribution in [0, 0.1) is 5.41 Å². The van der Waals surface area contributed by atoms with Crippen molar-refractivity contribution in [3.8, 4) is 11.5 Å². The highest BCUT2D eigenvalue weighted by Crippen LogP contribution is 2.44. The van der Waals surface area contributed by atoms with Crippen LogP contribution >= 0.6 is 15.9 Å². The largest absolute Gasteiger partial charge is 0.497 e. The van der Waals surface area contributed by atoms with Crippen LogP contribution in [-0.2, 0) is 11.8 Å². The van der Waals surface area contributed by atoms with Crippen molar-refractivity contribution < 1.29 is 19.1 Å². The Labute approximate surface area is 221 Å². The van der Waals surface area contributed by atoms with Crippen LogP contribution in [0.25, 0.3) is 0 Å². The van der Waals surface area contributed by atoms with Gasteiger partial charge in [0, 0.05) is 24.9 Å². The molecule has 1 aliphatic carbocycles. The Balaban J connectivity index is 1.78. The summed E-state index contributed by atoms with van der Waals surface area (Å²) < 4.78 is 13.6. The smallest absolute Gasteiger partial charge is 0.347 e. The lowest BCUT2D eigenvalue weighted by Crippen LogP contribution is -2.30. The van der Waals surface area contributed by atoms with Gasteiger partial charge in [-0.25, -0.2) is 23.9 Å². The number of carbonyl (C=O) groups excluding carboxylic acids is 2. The molecule has 2 atom stereocenters. The second-order valence-corrected chi connectivity index (χ2v) is 10.7. The highest BCUT2D eigenvalue weighted by Gasteiger charge is 2.32. The first-order valence-electron chi connectivity index (χ1n) is 11.7. The average Bonchev–Trinajstić information content (AvgIpc) is 3.12. The molecule has 4 rings (SSSR count). The molecule has 0 radical (unpaired) electrons. The number of halogens is 1. The number of H-pyrrole nitrogens is 1. The minimum absolute atomic E-state index is 0.0871. The normalized spacial score (nSPS) is 16.8. The molecule has 0 bridgehead atoms. The van der Waals surface area contributed by atoms with Crippen LogP contribution in [0.15, 0.2) is 62.6 Å². The molecule has 0 saturated carbocycles. The molecule has 0 fully saturated rings. The SMILES string of the molecule is COc1ccc(C(=O)C[C@@H]2C=C[C@H](n3[nH]c(=O)n(C)c3=O)c3ccc(OC(=O)C(C)(C)C)c(Br)c32)cc1. The van der Waals surface area contributed by atoms with Gasteiger partial charge in [0.15, 0.2) is 5.78 Å². The van der Waals surface area contributed by atoms with Gasteiger partial charge in [0.05, 0.1) is 23.0 Å². The fourth-order valence-corrected chi connectivity index (χ4v) is 4.88. The summed E-state index contributed by atoms with van der Waals surface area (Å²) in [5.41, 5.74) is 0.169. The molecule has 37 heavy (non-hydrogen) atoms. The van der Waals surface area contributed by atoms with E-state index in [1.54, 1.807) is 70.4 Å². The van der Waals surface area contributed by atoms with E-state index in [4.69, 9.17) is 9.47 Å². The molecule has 0 unspecified atom stereocenters. The van der Waals surface area contributed by atoms with E-state index in [2.05, 4.69) is 21.0 Å². The molecule has 1 heterocycles. The summed E-state index contributed by atoms with van der Waals surface area (Å²) in [5, 5.41) is 2.58. The van der Waals surface area contributed by atoms with Crippen LogP contribution in [0.3, 0.4) is 0 Å². The lowest BCUT2D eigenvalue weighted by molar-refractivity contribution is -0.143. The van der Waals surface area contributed by atoms with Crippen LogP contribution in [0.1, 0.15) is 60.6 Å². The Kier molecular flexibility index (Phi) is 7.14. The standard InChI is InChI=1S/C27H28BrN3O6/c1-27(2,3)24(33)37-21-13-11-18-19(31-26(35)30(4)25(34)29-31)12-8-16(22(18)23(21)28)14-20(32)15-6-9-17(36-5)10-7-15/h6-13,16,19H,14H2,1-5H3,(H,29,34)/t16-,19-/m0/s1. The quantitative estimate of drug-likeness (QED) is 0.207. The molecule has 0 spiro atoms. The summed E-state index contributed by atoms with van der Waals surface area (Å²) in [6, 6.07) is 9.66. The van der Waals surface area contributed by atoms with E-state index in [-0.39, 0.29) is 18.1 Å². The van der Waals surface area contributed by atoms with Gasteiger partial charge >= 0.3 is 17.3 Å². The molecule has 10 heteroatoms. The number of aromatic nitrogens is 3. The van der Waals surface area contributed by atoms with Gasteiger partial charge in [-0.05, 0) is 78.2 Å². The Morgan fingerprint density at radius 3 is 2.30 bits per heavy atom. The van der Waals surface area contributed by atoms with Crippen LogP contribution in [0.2, 0.25) is 0 Å². The predicted molar refractivity (Wildman–Crippen MR) is 141 cm³/mol. The molecule has 194 valence electrons. The van der Waals surface area contributed by atoms with E-state index in [1.165, 1.54) is 11.7 Å². The summed E-state index contributed by atoms with van der Waals surface area (Å²) in [6.07, 6.45) is 3.77. The maximum atomic E-state index is 13.2. The second-order valence-electron chi connectivity index (χ2n) is 9.94. The fraction of sp³-hybridized carbons (Fsp3) is 0.333. The molecule has 9 nitrogen and oxygen atoms in total. The third-order valence-corrected chi connectivity index (χ3v) is 7.14. The monoisotopic (exact) mass is 569 g/mol. The number of ether oxygens (including phenoxy) is 2. The number of aromatic amines is 1. The lowest BCUT2D eigenvalue weighted by atomic mass is 9.81. The Morgan fingerprint density at radius 1 is 1.05 bits per heavy atom. The summed E-state index contributed by atoms with van der Waals surface area (Å²) >= 11 is 3.60. The molecule has 1 N–H and O–H groups in total. The van der Waals surface area contributed by atoms with Crippen LogP contribution in [-0.4, -0.2) is 33.2 Å². The van der Waals surface area contributed by atoms with Gasteiger partial charge in [-0.15, -0.1) is 0 Å². The van der Waals surface area contributed by atoms with Crippen molar-refractivity contribution in [1.29, 1.82) is 0 Å². The topological polar surface area (TPSA) is 112 Å². The first-order chi connectivity index (χ1) is 17.4. The van der Waals surface area contributed by atoms with Gasteiger partial charge in [0.2, 0.25) is 0 Å². The zero-order valence-electron chi connectivity index (χ0n) is 21.2. The number of ketones is 1. The summed E-state index contributed by atoms with van der Waals surface area (Å²) in [7, 11) is 2.95. The molecule has 1 aliphatic rings. The van der Waals surface area contributed by atoms with Crippen molar-refractivity contribution in [3.05, 3.63) is 90.7 Å². The number of allylic oxidation sites excluding steroid dienone is 2. The Bertz CT molecular complexity index is 1500. The number of fused-ring (bicyclic) bond motifs is 1. The number of benzene rings is 2. The Morgan fingerprint density at radius 2 is 1.73 bits per heavy atom. The number of hydrogen-bond donors (Lipinski definition) is 1. The van der Waals surface area contributed by atoms with Gasteiger partial charge in [0.25, 0.3) is 0 Å². The van der Waals surface area contributed by atoms with Gasteiger partial charge < -0.3 is 9.47 Å². The molecule has 0 aliphatic heterocycles. The zero-order chi connectivity index (χ0) is 27.1. The first-order valence-corrected chi connectivity index (χ1v) is 12.5. The maximum Gasteiger partial charge on any atom is 0.347 e. The van der Waals surface area contributed by atoms with Crippen LogP contribution in [0.5, 0.6) is 11.5 Å². The summed E-state index contributed by atoms with van der Waals surface area (Å²) in [5.74, 6) is 0.0808. The summed E-state index contributed by atoms with van der Waals surface area (Å²) in [6.45, 7) is 5.28. The predicted octanol–water partition coefficient (Wildman–Crippen LogP) is 4.11. The number of rotatable bonds is 6. The Hall–Kier alpha value is -3.66. The van der Waals surface area contributed by atoms with E-state index < -0.39 is 28.8 Å². The van der Waals surface area contributed by atoms with Crippen LogP contribution in [0.4, 0.5) is 0 Å². The van der Waals surface area contributed by atoms with E-state index in [9.17, 15) is 19.2 Å². The number of nitrogens with zero attached hydrogens (tertiary/aromatic N) is 2. The number of hydrogen-bond acceptors (Lipinski definition) is 6. The van der Waals surface area contributed by atoms with Crippen molar-refractivity contribution in [2.45, 2.75) is 39.2 Å². The van der Waals surface area contributed by atoms with Gasteiger partial charge in [-0.2, -0.15) is 0 Å². The molecular weight excluding hydrogens is 542 g/mol. The average molecular weight is 570 g/mol. The fourth-order valence-electron chi connectivity index (χ4n) is 4.15. The van der Waals surface area contributed by atoms with Crippen molar-refractivity contribution in [2.24, 2.45) is 12.5 Å². The number of nitrogens with one attached hydrogen (secondary N) is 1. The maximum absolute atomic E-state index is 13.2. The van der Waals surface area contributed by atoms with Gasteiger partial charge in [-0.1, -0.05) is 18.2 Å². The number of methoxy groups -OCH3 is 1. The third kappa shape index (κ3) is 5.11. The third-order valence-electron chi connectivity index (χ3n) is 6.32. The number of esters is 1. The molecular formula is C27H28BrN3O6. The lowest BCUT2D eigenvalue weighted by Gasteiger charge is -2.29. The minimum atomic E-state index is -0.724. The highest BCUT2D eigenvalue weighted by molar-refractivity contribution is 9.10. The van der Waals surface area contributed by atoms with Gasteiger partial charge in [-0.3, -0.25) is 9.59 Å². The van der Waals surface area contributed by atoms with E-state index in [0.717, 1.165) is 4.57 Å². The minimum Gasteiger partial charge on any atom is -0.497 e. The highest BCUT2D eigenvalue weighted by atomic mass is 79.9. The zero-order valence-corrected chi connectivity index (χ0v) is 22.8. The van der Waals surface area contributed by atoms with E-state index in [1.807, 2.05) is 6.08 Å². The summed E-state index contributed by atoms with van der Waals surface area (Å²) in [4.78, 5) is 50.6. The number of Topliss-reactive ketones (excluding diaryl/α,β-unsaturated/α-hetero) is 1. The molecule has 0 saturated heterocycles. The van der Waals surface area contributed by atoms with Crippen molar-refractivity contribution in [1.82, 2.24) is 14.3 Å². The molecule has 3 aromatic rings. The van der Waals surface area contributed by atoms with E-state index >= 15 is 0 Å². The van der Waals surface area contributed by atoms with Crippen molar-refractivity contribution >= 4 is 27.7 Å². The first kappa shape index (κ1) is 26.4. The molecule has 1 aromatic heterocycles. The van der Waals surface area contributed by atoms with Crippen molar-refractivity contribution in [2.75, 3.05) is 7.11 Å². The second kappa shape index (κ2) is 10.0. The molecule has 0 amide bonds. The number of carbonyl (C=O) groups is 2. The van der Waals surface area contributed by atoms with Gasteiger partial charge in [0.1, 0.15) is 11.5 Å². The van der Waals surface area contributed by atoms with Crippen LogP contribution < -0.4 is 20.9 Å². The van der Waals surface area contributed by atoms with Crippen molar-refractivity contribution in [3.63, 3.8) is 0 Å². The van der Waals surface area contributed by atoms with E-state index in [0.29, 0.717) is 32.7 Å².